The zero-order valence-corrected chi connectivity index (χ0v) is 12.6. The molecular formula is C18H26N2. The van der Waals surface area contributed by atoms with Crippen LogP contribution in [0.5, 0.6) is 0 Å². The van der Waals surface area contributed by atoms with Gasteiger partial charge in [0.05, 0.1) is 6.54 Å². The van der Waals surface area contributed by atoms with Crippen LogP contribution in [0.3, 0.4) is 0 Å². The molecule has 0 amide bonds. The minimum Gasteiger partial charge on any atom is -0.315 e. The van der Waals surface area contributed by atoms with Crippen molar-refractivity contribution in [2.45, 2.75) is 38.6 Å². The summed E-state index contributed by atoms with van der Waals surface area (Å²) in [5.41, 5.74) is 1.12. The van der Waals surface area contributed by atoms with Gasteiger partial charge in [0.15, 0.2) is 0 Å². The van der Waals surface area contributed by atoms with Crippen molar-refractivity contribution in [3.05, 3.63) is 35.9 Å². The normalized spacial score (nSPS) is 19.4. The maximum Gasteiger partial charge on any atom is 0.0608 e. The molecule has 1 atom stereocenters. The molecule has 0 aliphatic carbocycles. The average molecular weight is 270 g/mol. The maximum atomic E-state index is 3.55. The summed E-state index contributed by atoms with van der Waals surface area (Å²) in [6, 6.07) is 10.9. The molecule has 108 valence electrons. The summed E-state index contributed by atoms with van der Waals surface area (Å²) in [6.07, 6.45) is 5.20. The van der Waals surface area contributed by atoms with Crippen LogP contribution >= 0.6 is 0 Å². The molecule has 2 heteroatoms. The van der Waals surface area contributed by atoms with Crippen LogP contribution in [0.1, 0.15) is 38.2 Å². The Balaban J connectivity index is 1.84. The van der Waals surface area contributed by atoms with Crippen molar-refractivity contribution in [2.75, 3.05) is 26.2 Å². The predicted molar refractivity (Wildman–Crippen MR) is 85.7 cm³/mol. The molecule has 20 heavy (non-hydrogen) atoms. The third-order valence-electron chi connectivity index (χ3n) is 3.84. The Bertz CT molecular complexity index is 430. The zero-order chi connectivity index (χ0) is 14.0. The van der Waals surface area contributed by atoms with Crippen LogP contribution in [0.25, 0.3) is 0 Å². The van der Waals surface area contributed by atoms with Crippen molar-refractivity contribution in [1.82, 2.24) is 10.2 Å². The summed E-state index contributed by atoms with van der Waals surface area (Å²) in [5.74, 6) is 6.61. The number of likely N-dealkylation sites (tertiary alicyclic amines) is 1. The van der Waals surface area contributed by atoms with Gasteiger partial charge in [-0.2, -0.15) is 0 Å². The number of benzene rings is 1. The first-order chi connectivity index (χ1) is 9.90. The standard InChI is InChI=1S/C18H26N2/c1-2-13-19-16-18-12-6-7-14-20(18)15-8-11-17-9-4-3-5-10-17/h3-5,9-10,18-19H,2,6-7,12-16H2,1H3. The van der Waals surface area contributed by atoms with Crippen molar-refractivity contribution >= 4 is 0 Å². The third-order valence-corrected chi connectivity index (χ3v) is 3.84. The lowest BCUT2D eigenvalue weighted by Crippen LogP contribution is -2.45. The smallest absolute Gasteiger partial charge is 0.0608 e. The molecule has 1 fully saturated rings. The molecule has 1 aliphatic heterocycles. The van der Waals surface area contributed by atoms with Gasteiger partial charge in [-0.3, -0.25) is 4.90 Å². The number of hydrogen-bond donors (Lipinski definition) is 1. The van der Waals surface area contributed by atoms with E-state index in [0.29, 0.717) is 6.04 Å². The molecule has 0 saturated carbocycles. The molecule has 1 unspecified atom stereocenters. The number of piperidine rings is 1. The fraction of sp³-hybridized carbons (Fsp3) is 0.556. The SMILES string of the molecule is CCCNCC1CCCCN1CC#Cc1ccccc1. The Morgan fingerprint density at radius 1 is 1.25 bits per heavy atom. The van der Waals surface area contributed by atoms with E-state index in [9.17, 15) is 0 Å². The van der Waals surface area contributed by atoms with E-state index >= 15 is 0 Å². The van der Waals surface area contributed by atoms with Crippen molar-refractivity contribution in [3.8, 4) is 11.8 Å². The van der Waals surface area contributed by atoms with Crippen molar-refractivity contribution in [3.63, 3.8) is 0 Å². The fourth-order valence-electron chi connectivity index (χ4n) is 2.71. The van der Waals surface area contributed by atoms with Crippen LogP contribution in [0.15, 0.2) is 30.3 Å². The quantitative estimate of drug-likeness (QED) is 0.654. The van der Waals surface area contributed by atoms with Gasteiger partial charge >= 0.3 is 0 Å². The van der Waals surface area contributed by atoms with Gasteiger partial charge in [-0.05, 0) is 44.5 Å². The van der Waals surface area contributed by atoms with Crippen LogP contribution in [-0.2, 0) is 0 Å². The van der Waals surface area contributed by atoms with E-state index in [4.69, 9.17) is 0 Å². The van der Waals surface area contributed by atoms with Crippen LogP contribution < -0.4 is 5.32 Å². The Hall–Kier alpha value is -1.30. The number of rotatable bonds is 5. The van der Waals surface area contributed by atoms with Gasteiger partial charge < -0.3 is 5.32 Å². The fourth-order valence-corrected chi connectivity index (χ4v) is 2.71. The zero-order valence-electron chi connectivity index (χ0n) is 12.6. The van der Waals surface area contributed by atoms with Crippen molar-refractivity contribution in [1.29, 1.82) is 0 Å². The molecule has 1 aliphatic rings. The number of hydrogen-bond acceptors (Lipinski definition) is 2. The molecule has 2 nitrogen and oxygen atoms in total. The lowest BCUT2D eigenvalue weighted by Gasteiger charge is -2.34. The van der Waals surface area contributed by atoms with Crippen molar-refractivity contribution in [2.24, 2.45) is 0 Å². The Morgan fingerprint density at radius 3 is 2.90 bits per heavy atom. The summed E-state index contributed by atoms with van der Waals surface area (Å²) in [7, 11) is 0. The van der Waals surface area contributed by atoms with Crippen LogP contribution in [0.4, 0.5) is 0 Å². The molecule has 1 heterocycles. The van der Waals surface area contributed by atoms with E-state index in [2.05, 4.69) is 41.1 Å². The first-order valence-electron chi connectivity index (χ1n) is 7.89. The van der Waals surface area contributed by atoms with Crippen LogP contribution in [0.2, 0.25) is 0 Å². The lowest BCUT2D eigenvalue weighted by atomic mass is 10.0. The van der Waals surface area contributed by atoms with E-state index in [0.717, 1.165) is 25.2 Å². The number of nitrogens with zero attached hydrogens (tertiary/aromatic N) is 1. The van der Waals surface area contributed by atoms with E-state index in [1.54, 1.807) is 0 Å². The Labute approximate surface area is 123 Å². The van der Waals surface area contributed by atoms with Gasteiger partial charge in [0.1, 0.15) is 0 Å². The molecule has 1 aromatic rings. The largest absolute Gasteiger partial charge is 0.315 e. The average Bonchev–Trinajstić information content (AvgIpc) is 2.50. The molecule has 0 spiro atoms. The summed E-state index contributed by atoms with van der Waals surface area (Å²) >= 11 is 0. The van der Waals surface area contributed by atoms with Gasteiger partial charge in [0.25, 0.3) is 0 Å². The van der Waals surface area contributed by atoms with Gasteiger partial charge in [-0.15, -0.1) is 0 Å². The van der Waals surface area contributed by atoms with Crippen LogP contribution in [0, 0.1) is 11.8 Å². The highest BCUT2D eigenvalue weighted by molar-refractivity contribution is 5.33. The Morgan fingerprint density at radius 2 is 2.10 bits per heavy atom. The molecule has 0 bridgehead atoms. The summed E-state index contributed by atoms with van der Waals surface area (Å²) in [5, 5.41) is 3.55. The first-order valence-corrected chi connectivity index (χ1v) is 7.89. The van der Waals surface area contributed by atoms with Gasteiger partial charge in [-0.25, -0.2) is 0 Å². The van der Waals surface area contributed by atoms with E-state index in [1.165, 1.54) is 32.2 Å². The molecule has 0 radical (unpaired) electrons. The second-order valence-corrected chi connectivity index (χ2v) is 5.49. The molecular weight excluding hydrogens is 244 g/mol. The van der Waals surface area contributed by atoms with Crippen molar-refractivity contribution < 1.29 is 0 Å². The van der Waals surface area contributed by atoms with E-state index in [-0.39, 0.29) is 0 Å². The van der Waals surface area contributed by atoms with Crippen LogP contribution in [-0.4, -0.2) is 37.1 Å². The topological polar surface area (TPSA) is 15.3 Å². The lowest BCUT2D eigenvalue weighted by molar-refractivity contribution is 0.165. The maximum absolute atomic E-state index is 3.55. The minimum atomic E-state index is 0.667. The summed E-state index contributed by atoms with van der Waals surface area (Å²) in [6.45, 7) is 6.55. The minimum absolute atomic E-state index is 0.667. The molecule has 1 aromatic carbocycles. The van der Waals surface area contributed by atoms with Gasteiger partial charge in [0.2, 0.25) is 0 Å². The first kappa shape index (κ1) is 15.1. The molecule has 1 N–H and O–H groups in total. The van der Waals surface area contributed by atoms with Gasteiger partial charge in [0, 0.05) is 18.2 Å². The Kier molecular flexibility index (Phi) is 6.63. The summed E-state index contributed by atoms with van der Waals surface area (Å²) < 4.78 is 0. The third kappa shape index (κ3) is 5.00. The van der Waals surface area contributed by atoms with E-state index < -0.39 is 0 Å². The highest BCUT2D eigenvalue weighted by Gasteiger charge is 2.20. The van der Waals surface area contributed by atoms with Gasteiger partial charge in [-0.1, -0.05) is 43.4 Å². The number of nitrogens with one attached hydrogen (secondary N) is 1. The summed E-state index contributed by atoms with van der Waals surface area (Å²) in [4.78, 5) is 2.54. The highest BCUT2D eigenvalue weighted by Crippen LogP contribution is 2.15. The molecule has 1 saturated heterocycles. The predicted octanol–water partition coefficient (Wildman–Crippen LogP) is 2.89. The second kappa shape index (κ2) is 8.79. The monoisotopic (exact) mass is 270 g/mol. The molecule has 2 rings (SSSR count). The highest BCUT2D eigenvalue weighted by atomic mass is 15.2. The molecule has 0 aromatic heterocycles. The second-order valence-electron chi connectivity index (χ2n) is 5.49. The van der Waals surface area contributed by atoms with E-state index in [1.807, 2.05) is 18.2 Å².